The van der Waals surface area contributed by atoms with E-state index in [1.165, 1.54) is 0 Å². The van der Waals surface area contributed by atoms with E-state index in [9.17, 15) is 15.0 Å². The van der Waals surface area contributed by atoms with Gasteiger partial charge in [0.25, 0.3) is 5.91 Å². The molecule has 0 spiro atoms. The van der Waals surface area contributed by atoms with Crippen LogP contribution in [-0.2, 0) is 13.0 Å². The minimum Gasteiger partial charge on any atom is -0.508 e. The zero-order chi connectivity index (χ0) is 17.6. The summed E-state index contributed by atoms with van der Waals surface area (Å²) in [6.45, 7) is 0.651. The van der Waals surface area contributed by atoms with Crippen LogP contribution in [0.15, 0.2) is 42.6 Å². The van der Waals surface area contributed by atoms with Crippen molar-refractivity contribution in [2.24, 2.45) is 0 Å². The number of nitrogens with zero attached hydrogens (tertiary/aromatic N) is 2. The summed E-state index contributed by atoms with van der Waals surface area (Å²) in [6, 6.07) is 10.9. The highest BCUT2D eigenvalue weighted by molar-refractivity contribution is 5.92. The van der Waals surface area contributed by atoms with Crippen LogP contribution in [0.25, 0.3) is 0 Å². The number of aromatic nitrogens is 1. The number of hydrogen-bond acceptors (Lipinski definition) is 4. The first-order chi connectivity index (χ1) is 12.2. The summed E-state index contributed by atoms with van der Waals surface area (Å²) in [5.74, 6) is 0.218. The molecule has 0 bridgehead atoms. The molecule has 2 heterocycles. The van der Waals surface area contributed by atoms with Gasteiger partial charge in [0.15, 0.2) is 0 Å². The molecule has 132 valence electrons. The van der Waals surface area contributed by atoms with E-state index in [4.69, 9.17) is 0 Å². The summed E-state index contributed by atoms with van der Waals surface area (Å²) >= 11 is 0. The number of phenols is 1. The molecule has 5 heteroatoms. The van der Waals surface area contributed by atoms with E-state index in [1.54, 1.807) is 30.5 Å². The number of pyridine rings is 1. The van der Waals surface area contributed by atoms with Gasteiger partial charge < -0.3 is 15.1 Å². The zero-order valence-corrected chi connectivity index (χ0v) is 14.3. The van der Waals surface area contributed by atoms with Crippen molar-refractivity contribution >= 4 is 5.91 Å². The molecule has 1 aromatic carbocycles. The van der Waals surface area contributed by atoms with Crippen LogP contribution in [0.1, 0.15) is 47.3 Å². The maximum Gasteiger partial charge on any atom is 0.272 e. The number of benzene rings is 1. The van der Waals surface area contributed by atoms with Crippen LogP contribution in [0.4, 0.5) is 0 Å². The molecular formula is C20H24N2O3. The first-order valence-electron chi connectivity index (χ1n) is 8.82. The second kappa shape index (κ2) is 8.12. The Bertz CT molecular complexity index is 732. The van der Waals surface area contributed by atoms with E-state index in [0.717, 1.165) is 44.2 Å². The van der Waals surface area contributed by atoms with Gasteiger partial charge in [0, 0.05) is 18.8 Å². The maximum atomic E-state index is 12.9. The van der Waals surface area contributed by atoms with Crippen LogP contribution in [0.5, 0.6) is 5.75 Å². The Hall–Kier alpha value is -2.40. The lowest BCUT2D eigenvalue weighted by molar-refractivity contribution is 0.0595. The molecule has 1 unspecified atom stereocenters. The fourth-order valence-electron chi connectivity index (χ4n) is 3.45. The van der Waals surface area contributed by atoms with Crippen molar-refractivity contribution in [2.45, 2.75) is 44.8 Å². The SMILES string of the molecule is O=C(c1cc(CO)ccn1)N1CCCCC1CCc1cccc(O)c1. The van der Waals surface area contributed by atoms with Gasteiger partial charge in [0.05, 0.1) is 6.61 Å². The molecule has 2 N–H and O–H groups in total. The number of rotatable bonds is 5. The minimum absolute atomic E-state index is 0.0593. The van der Waals surface area contributed by atoms with Crippen LogP contribution in [0.3, 0.4) is 0 Å². The Kier molecular flexibility index (Phi) is 5.66. The summed E-state index contributed by atoms with van der Waals surface area (Å²) < 4.78 is 0. The second-order valence-corrected chi connectivity index (χ2v) is 6.56. The summed E-state index contributed by atoms with van der Waals surface area (Å²) in [5.41, 5.74) is 2.18. The van der Waals surface area contributed by atoms with Crippen molar-refractivity contribution in [1.82, 2.24) is 9.88 Å². The Balaban J connectivity index is 1.70. The molecule has 1 aliphatic heterocycles. The first-order valence-corrected chi connectivity index (χ1v) is 8.82. The Morgan fingerprint density at radius 3 is 2.88 bits per heavy atom. The number of carbonyl (C=O) groups excluding carboxylic acids is 1. The molecule has 1 saturated heterocycles. The van der Waals surface area contributed by atoms with E-state index in [-0.39, 0.29) is 24.3 Å². The van der Waals surface area contributed by atoms with E-state index >= 15 is 0 Å². The fraction of sp³-hybridized carbons (Fsp3) is 0.400. The third-order valence-corrected chi connectivity index (χ3v) is 4.79. The maximum absolute atomic E-state index is 12.9. The molecular weight excluding hydrogens is 316 g/mol. The van der Waals surface area contributed by atoms with Gasteiger partial charge in [-0.1, -0.05) is 12.1 Å². The predicted octanol–water partition coefficient (Wildman–Crippen LogP) is 2.91. The highest BCUT2D eigenvalue weighted by Crippen LogP contribution is 2.24. The molecule has 1 fully saturated rings. The third kappa shape index (κ3) is 4.37. The number of hydrogen-bond donors (Lipinski definition) is 2. The smallest absolute Gasteiger partial charge is 0.272 e. The van der Waals surface area contributed by atoms with Crippen molar-refractivity contribution < 1.29 is 15.0 Å². The number of carbonyl (C=O) groups is 1. The lowest BCUT2D eigenvalue weighted by atomic mass is 9.95. The lowest BCUT2D eigenvalue weighted by Gasteiger charge is -2.35. The molecule has 1 aliphatic rings. The van der Waals surface area contributed by atoms with Crippen molar-refractivity contribution in [3.8, 4) is 5.75 Å². The van der Waals surface area contributed by atoms with Crippen LogP contribution >= 0.6 is 0 Å². The first kappa shape index (κ1) is 17.4. The van der Waals surface area contributed by atoms with E-state index in [1.807, 2.05) is 17.0 Å². The molecule has 25 heavy (non-hydrogen) atoms. The highest BCUT2D eigenvalue weighted by atomic mass is 16.3. The number of phenolic OH excluding ortho intramolecular Hbond substituents is 1. The molecule has 5 nitrogen and oxygen atoms in total. The zero-order valence-electron chi connectivity index (χ0n) is 14.3. The number of piperidine rings is 1. The second-order valence-electron chi connectivity index (χ2n) is 6.56. The fourth-order valence-corrected chi connectivity index (χ4v) is 3.45. The topological polar surface area (TPSA) is 73.7 Å². The van der Waals surface area contributed by atoms with Crippen molar-refractivity contribution in [3.63, 3.8) is 0 Å². The van der Waals surface area contributed by atoms with Gasteiger partial charge >= 0.3 is 0 Å². The van der Waals surface area contributed by atoms with Gasteiger partial charge in [-0.05, 0) is 67.5 Å². The standard InChI is InChI=1S/C20H24N2O3/c23-14-16-9-10-21-19(13-16)20(25)22-11-2-1-5-17(22)8-7-15-4-3-6-18(24)12-15/h3-4,6,9-10,12-13,17,23-24H,1-2,5,7-8,11,14H2. The van der Waals surface area contributed by atoms with E-state index < -0.39 is 0 Å². The van der Waals surface area contributed by atoms with Gasteiger partial charge in [-0.3, -0.25) is 9.78 Å². The molecule has 1 aromatic heterocycles. The van der Waals surface area contributed by atoms with E-state index in [2.05, 4.69) is 4.98 Å². The van der Waals surface area contributed by atoms with Gasteiger partial charge in [-0.15, -0.1) is 0 Å². The van der Waals surface area contributed by atoms with Gasteiger partial charge in [-0.25, -0.2) is 0 Å². The number of aliphatic hydroxyl groups is 1. The third-order valence-electron chi connectivity index (χ3n) is 4.79. The predicted molar refractivity (Wildman–Crippen MR) is 95.3 cm³/mol. The molecule has 1 amide bonds. The molecule has 3 rings (SSSR count). The normalized spacial score (nSPS) is 17.5. The average molecular weight is 340 g/mol. The Morgan fingerprint density at radius 2 is 2.08 bits per heavy atom. The van der Waals surface area contributed by atoms with Gasteiger partial charge in [0.2, 0.25) is 0 Å². The van der Waals surface area contributed by atoms with E-state index in [0.29, 0.717) is 11.3 Å². The van der Waals surface area contributed by atoms with Crippen LogP contribution in [-0.4, -0.2) is 38.6 Å². The summed E-state index contributed by atoms with van der Waals surface area (Å²) in [6.07, 6.45) is 6.39. The number of amides is 1. The summed E-state index contributed by atoms with van der Waals surface area (Å²) in [5, 5.41) is 18.9. The van der Waals surface area contributed by atoms with Gasteiger partial charge in [0.1, 0.15) is 11.4 Å². The monoisotopic (exact) mass is 340 g/mol. The van der Waals surface area contributed by atoms with Crippen molar-refractivity contribution in [3.05, 3.63) is 59.4 Å². The number of aliphatic hydroxyl groups excluding tert-OH is 1. The average Bonchev–Trinajstić information content (AvgIpc) is 2.66. The molecule has 2 aromatic rings. The van der Waals surface area contributed by atoms with Gasteiger partial charge in [-0.2, -0.15) is 0 Å². The minimum atomic E-state index is -0.0935. The van der Waals surface area contributed by atoms with Crippen LogP contribution < -0.4 is 0 Å². The summed E-state index contributed by atoms with van der Waals surface area (Å²) in [4.78, 5) is 19.0. The molecule has 0 saturated carbocycles. The van der Waals surface area contributed by atoms with Crippen molar-refractivity contribution in [2.75, 3.05) is 6.54 Å². The van der Waals surface area contributed by atoms with Crippen molar-refractivity contribution in [1.29, 1.82) is 0 Å². The Morgan fingerprint density at radius 1 is 1.20 bits per heavy atom. The number of likely N-dealkylation sites (tertiary alicyclic amines) is 1. The number of aryl methyl sites for hydroxylation is 1. The quantitative estimate of drug-likeness (QED) is 0.878. The van der Waals surface area contributed by atoms with Crippen LogP contribution in [0, 0.1) is 0 Å². The molecule has 1 atom stereocenters. The highest BCUT2D eigenvalue weighted by Gasteiger charge is 2.28. The largest absolute Gasteiger partial charge is 0.508 e. The van der Waals surface area contributed by atoms with Crippen LogP contribution in [0.2, 0.25) is 0 Å². The lowest BCUT2D eigenvalue weighted by Crippen LogP contribution is -2.44. The molecule has 0 aliphatic carbocycles. The Labute approximate surface area is 147 Å². The molecule has 0 radical (unpaired) electrons. The number of aromatic hydroxyl groups is 1. The summed E-state index contributed by atoms with van der Waals surface area (Å²) in [7, 11) is 0.